The summed E-state index contributed by atoms with van der Waals surface area (Å²) in [6.45, 7) is 0. The summed E-state index contributed by atoms with van der Waals surface area (Å²) in [7, 11) is -5.39. The van der Waals surface area contributed by atoms with Crippen LogP contribution in [-0.2, 0) is 27.7 Å². The van der Waals surface area contributed by atoms with E-state index in [4.69, 9.17) is 22.6 Å². The van der Waals surface area contributed by atoms with Crippen molar-refractivity contribution in [3.8, 4) is 0 Å². The maximum absolute atomic E-state index is 8.55. The first-order chi connectivity index (χ1) is 3.00. The second kappa shape index (κ2) is 8.13. The second-order valence-corrected chi connectivity index (χ2v) is 1.34. The summed E-state index contributed by atoms with van der Waals surface area (Å²) in [5.74, 6) is 0. The van der Waals surface area contributed by atoms with E-state index < -0.39 is 7.82 Å². The standard InChI is InChI=1S/Al.Mo.H3O4P.O/c;;1-5(2,3)4;/h;;(H3,1,2,3,4);/p-3. The van der Waals surface area contributed by atoms with Gasteiger partial charge in [-0.25, -0.2) is 0 Å². The van der Waals surface area contributed by atoms with E-state index in [0.717, 1.165) is 0 Å². The van der Waals surface area contributed by atoms with Crippen LogP contribution in [0, 0.1) is 0 Å². The first kappa shape index (κ1) is 16.1. The van der Waals surface area contributed by atoms with Crippen LogP contribution in [0.5, 0.6) is 0 Å². The number of phosphoric acid groups is 1. The van der Waals surface area contributed by atoms with Gasteiger partial charge in [0, 0.05) is 17.4 Å². The number of rotatable bonds is 0. The maximum atomic E-state index is 8.55. The summed E-state index contributed by atoms with van der Waals surface area (Å²) in [5.41, 5.74) is 0. The minimum absolute atomic E-state index is 0. The Balaban J connectivity index is -0.0000000750. The van der Waals surface area contributed by atoms with Crippen molar-refractivity contribution in [2.24, 2.45) is 0 Å². The van der Waals surface area contributed by atoms with Gasteiger partial charge < -0.3 is 19.2 Å². The molecule has 0 aromatic rings. The van der Waals surface area contributed by atoms with Crippen LogP contribution < -0.4 is 14.7 Å². The SMILES string of the molecule is O=P([O-])([O-])[O-].[Al].[O]=[Mo]. The van der Waals surface area contributed by atoms with Gasteiger partial charge in [-0.3, -0.25) is 0 Å². The van der Waals surface area contributed by atoms with Gasteiger partial charge in [0.25, 0.3) is 0 Å². The van der Waals surface area contributed by atoms with Crippen molar-refractivity contribution in [2.75, 3.05) is 0 Å². The van der Waals surface area contributed by atoms with Gasteiger partial charge in [0.2, 0.25) is 0 Å². The Morgan fingerprint density at radius 1 is 1.12 bits per heavy atom. The molecule has 0 heterocycles. The van der Waals surface area contributed by atoms with Crippen LogP contribution in [0.2, 0.25) is 0 Å². The predicted octanol–water partition coefficient (Wildman–Crippen LogP) is -3.33. The van der Waals surface area contributed by atoms with Crippen LogP contribution in [0.15, 0.2) is 0 Å². The van der Waals surface area contributed by atoms with Crippen molar-refractivity contribution in [2.45, 2.75) is 0 Å². The van der Waals surface area contributed by atoms with Crippen molar-refractivity contribution in [3.63, 3.8) is 0 Å². The number of hydrogen-bond acceptors (Lipinski definition) is 5. The fourth-order valence-corrected chi connectivity index (χ4v) is 0. The summed E-state index contributed by atoms with van der Waals surface area (Å²) < 4.78 is 16.8. The third-order valence-corrected chi connectivity index (χ3v) is 0. The quantitative estimate of drug-likeness (QED) is 0.322. The van der Waals surface area contributed by atoms with Gasteiger partial charge in [0.15, 0.2) is 0 Å². The molecule has 47 valence electrons. The molecule has 0 saturated carbocycles. The molecule has 0 unspecified atom stereocenters. The Labute approximate surface area is 67.7 Å². The molecule has 0 aromatic carbocycles. The van der Waals surface area contributed by atoms with Crippen LogP contribution in [0.4, 0.5) is 0 Å². The van der Waals surface area contributed by atoms with Crippen LogP contribution in [0.3, 0.4) is 0 Å². The van der Waals surface area contributed by atoms with Gasteiger partial charge in [0.05, 0.1) is 0 Å². The molecular weight excluding hydrogens is 234 g/mol. The van der Waals surface area contributed by atoms with E-state index in [0.29, 0.717) is 19.8 Å². The van der Waals surface area contributed by atoms with Crippen molar-refractivity contribution in [1.82, 2.24) is 0 Å². The molecular formula is AlMoO5P-3. The minimum atomic E-state index is -5.39. The molecule has 0 fully saturated rings. The van der Waals surface area contributed by atoms with Crippen molar-refractivity contribution in [3.05, 3.63) is 0 Å². The molecule has 0 rings (SSSR count). The molecule has 0 atom stereocenters. The first-order valence-electron chi connectivity index (χ1n) is 0.897. The van der Waals surface area contributed by atoms with Crippen LogP contribution >= 0.6 is 7.82 Å². The fourth-order valence-electron chi connectivity index (χ4n) is 0. The Bertz CT molecular complexity index is 68.2. The molecule has 0 spiro atoms. The third kappa shape index (κ3) is 210. The van der Waals surface area contributed by atoms with Crippen LogP contribution in [0.1, 0.15) is 0 Å². The summed E-state index contributed by atoms with van der Waals surface area (Å²) >= 11 is 0.700. The summed E-state index contributed by atoms with van der Waals surface area (Å²) in [4.78, 5) is 25.6. The molecule has 0 aliphatic rings. The molecule has 0 N–H and O–H groups in total. The summed E-state index contributed by atoms with van der Waals surface area (Å²) in [5, 5.41) is 0. The zero-order chi connectivity index (χ0) is 6.50. The predicted molar refractivity (Wildman–Crippen MR) is 14.0 cm³/mol. The second-order valence-electron chi connectivity index (χ2n) is 0.447. The third-order valence-electron chi connectivity index (χ3n) is 0. The van der Waals surface area contributed by atoms with E-state index in [1.165, 1.54) is 0 Å². The molecule has 5 nitrogen and oxygen atoms in total. The monoisotopic (exact) mass is 236 g/mol. The van der Waals surface area contributed by atoms with Crippen LogP contribution in [-0.4, -0.2) is 17.4 Å². The molecule has 0 aliphatic heterocycles. The first-order valence-corrected chi connectivity index (χ1v) is 3.18. The average molecular weight is 234 g/mol. The molecule has 0 saturated heterocycles. The summed E-state index contributed by atoms with van der Waals surface area (Å²) in [6, 6.07) is 0. The summed E-state index contributed by atoms with van der Waals surface area (Å²) in [6.07, 6.45) is 0. The van der Waals surface area contributed by atoms with E-state index in [1.807, 2.05) is 0 Å². The van der Waals surface area contributed by atoms with Gasteiger partial charge in [-0.2, -0.15) is 7.82 Å². The Hall–Kier alpha value is 1.13. The van der Waals surface area contributed by atoms with Crippen LogP contribution in [0.25, 0.3) is 0 Å². The average Bonchev–Trinajstić information content (AvgIpc) is 1.36. The van der Waals surface area contributed by atoms with Crippen molar-refractivity contribution >= 4 is 25.2 Å². The van der Waals surface area contributed by atoms with Crippen molar-refractivity contribution < 1.29 is 42.4 Å². The topological polar surface area (TPSA) is 103 Å². The van der Waals surface area contributed by atoms with Gasteiger partial charge in [-0.05, 0) is 0 Å². The molecule has 0 aromatic heterocycles. The molecule has 3 radical (unpaired) electrons. The van der Waals surface area contributed by atoms with E-state index >= 15 is 0 Å². The Morgan fingerprint density at radius 2 is 1.12 bits per heavy atom. The van der Waals surface area contributed by atoms with E-state index in [-0.39, 0.29) is 17.4 Å². The van der Waals surface area contributed by atoms with E-state index in [9.17, 15) is 0 Å². The Morgan fingerprint density at radius 3 is 1.12 bits per heavy atom. The van der Waals surface area contributed by atoms with Gasteiger partial charge >= 0.3 is 23.2 Å². The molecule has 8 heteroatoms. The molecule has 0 amide bonds. The molecule has 0 aliphatic carbocycles. The van der Waals surface area contributed by atoms with E-state index in [1.54, 1.807) is 0 Å². The Kier molecular flexibility index (Phi) is 16.3. The van der Waals surface area contributed by atoms with Gasteiger partial charge in [-0.15, -0.1) is 0 Å². The fraction of sp³-hybridized carbons (Fsp3) is 0. The zero-order valence-electron chi connectivity index (χ0n) is 3.47. The molecule has 0 bridgehead atoms. The number of hydrogen-bond donors (Lipinski definition) is 0. The van der Waals surface area contributed by atoms with E-state index in [2.05, 4.69) is 0 Å². The molecule has 8 heavy (non-hydrogen) atoms. The van der Waals surface area contributed by atoms with Gasteiger partial charge in [-0.1, -0.05) is 0 Å². The normalized spacial score (nSPS) is 7.88. The van der Waals surface area contributed by atoms with Crippen molar-refractivity contribution in [1.29, 1.82) is 0 Å². The zero-order valence-corrected chi connectivity index (χ0v) is 7.53. The van der Waals surface area contributed by atoms with Gasteiger partial charge in [0.1, 0.15) is 0 Å².